The maximum Gasteiger partial charge on any atom is 0.419 e. The molecule has 8 heteroatoms. The molecule has 0 radical (unpaired) electrons. The number of rotatable bonds is 4. The lowest BCUT2D eigenvalue weighted by molar-refractivity contribution is -0.138. The van der Waals surface area contributed by atoms with Crippen LogP contribution in [-0.2, 0) is 6.18 Å². The van der Waals surface area contributed by atoms with Crippen molar-refractivity contribution >= 4 is 18.3 Å². The van der Waals surface area contributed by atoms with Crippen LogP contribution in [0.2, 0.25) is 0 Å². The van der Waals surface area contributed by atoms with E-state index >= 15 is 0 Å². The minimum absolute atomic E-state index is 0. The number of alkyl halides is 3. The highest BCUT2D eigenvalue weighted by atomic mass is 35.5. The second kappa shape index (κ2) is 7.69. The average molecular weight is 339 g/mol. The van der Waals surface area contributed by atoms with E-state index in [2.05, 4.69) is 0 Å². The number of amides is 1. The fraction of sp³-hybridized carbons (Fsp3) is 0.500. The number of ether oxygens (including phenoxy) is 1. The second-order valence-corrected chi connectivity index (χ2v) is 4.85. The normalized spacial score (nSPS) is 14.6. The number of nitrogens with two attached hydrogens (primary N) is 1. The fourth-order valence-electron chi connectivity index (χ4n) is 2.28. The first-order valence-electron chi connectivity index (χ1n) is 6.77. The molecule has 22 heavy (non-hydrogen) atoms. The Labute approximate surface area is 132 Å². The van der Waals surface area contributed by atoms with Crippen LogP contribution < -0.4 is 10.5 Å². The van der Waals surface area contributed by atoms with Gasteiger partial charge in [0.2, 0.25) is 0 Å². The van der Waals surface area contributed by atoms with Crippen molar-refractivity contribution in [2.75, 3.05) is 26.2 Å². The van der Waals surface area contributed by atoms with Crippen LogP contribution in [0.3, 0.4) is 0 Å². The monoisotopic (exact) mass is 338 g/mol. The molecule has 1 aromatic carbocycles. The van der Waals surface area contributed by atoms with Crippen LogP contribution in [0.4, 0.5) is 13.2 Å². The lowest BCUT2D eigenvalue weighted by Gasteiger charge is -2.18. The van der Waals surface area contributed by atoms with Gasteiger partial charge in [-0.05, 0) is 31.0 Å². The SMILES string of the molecule is Cl.NCCOc1ccc(C(=O)N2CCCC2)cc1C(F)(F)F. The topological polar surface area (TPSA) is 55.6 Å². The van der Waals surface area contributed by atoms with E-state index in [1.807, 2.05) is 0 Å². The van der Waals surface area contributed by atoms with E-state index < -0.39 is 11.7 Å². The summed E-state index contributed by atoms with van der Waals surface area (Å²) in [5.41, 5.74) is 4.32. The molecule has 1 heterocycles. The van der Waals surface area contributed by atoms with Gasteiger partial charge in [0.1, 0.15) is 12.4 Å². The Hall–Kier alpha value is -1.47. The Morgan fingerprint density at radius 2 is 1.91 bits per heavy atom. The highest BCUT2D eigenvalue weighted by molar-refractivity contribution is 5.94. The first kappa shape index (κ1) is 18.6. The van der Waals surface area contributed by atoms with E-state index in [-0.39, 0.29) is 42.8 Å². The van der Waals surface area contributed by atoms with E-state index in [4.69, 9.17) is 10.5 Å². The number of nitrogens with zero attached hydrogens (tertiary/aromatic N) is 1. The second-order valence-electron chi connectivity index (χ2n) is 4.85. The molecule has 0 unspecified atom stereocenters. The first-order chi connectivity index (χ1) is 9.93. The van der Waals surface area contributed by atoms with E-state index in [9.17, 15) is 18.0 Å². The van der Waals surface area contributed by atoms with Crippen molar-refractivity contribution in [2.24, 2.45) is 5.73 Å². The molecule has 2 N–H and O–H groups in total. The van der Waals surface area contributed by atoms with Gasteiger partial charge in [0.15, 0.2) is 0 Å². The number of carbonyl (C=O) groups excluding carboxylic acids is 1. The fourth-order valence-corrected chi connectivity index (χ4v) is 2.28. The van der Waals surface area contributed by atoms with Gasteiger partial charge in [-0.2, -0.15) is 13.2 Å². The molecule has 0 spiro atoms. The maximum absolute atomic E-state index is 13.1. The average Bonchev–Trinajstić information content (AvgIpc) is 2.97. The van der Waals surface area contributed by atoms with Gasteiger partial charge >= 0.3 is 6.18 Å². The Kier molecular flexibility index (Phi) is 6.49. The van der Waals surface area contributed by atoms with Crippen molar-refractivity contribution in [3.63, 3.8) is 0 Å². The van der Waals surface area contributed by atoms with Crippen LogP contribution in [0, 0.1) is 0 Å². The molecule has 1 amide bonds. The van der Waals surface area contributed by atoms with Crippen molar-refractivity contribution in [1.29, 1.82) is 0 Å². The van der Waals surface area contributed by atoms with Gasteiger partial charge in [-0.25, -0.2) is 0 Å². The van der Waals surface area contributed by atoms with Gasteiger partial charge < -0.3 is 15.4 Å². The molecule has 0 aliphatic carbocycles. The van der Waals surface area contributed by atoms with Crippen molar-refractivity contribution in [3.8, 4) is 5.75 Å². The molecule has 1 saturated heterocycles. The molecular formula is C14H18ClF3N2O2. The Bertz CT molecular complexity index is 517. The predicted molar refractivity (Wildman–Crippen MR) is 78.4 cm³/mol. The summed E-state index contributed by atoms with van der Waals surface area (Å²) in [5.74, 6) is -0.672. The molecule has 124 valence electrons. The third-order valence-electron chi connectivity index (χ3n) is 3.30. The van der Waals surface area contributed by atoms with Crippen molar-refractivity contribution in [2.45, 2.75) is 19.0 Å². The Morgan fingerprint density at radius 1 is 1.27 bits per heavy atom. The lowest BCUT2D eigenvalue weighted by atomic mass is 10.1. The molecule has 1 aliphatic rings. The summed E-state index contributed by atoms with van der Waals surface area (Å²) >= 11 is 0. The van der Waals surface area contributed by atoms with Crippen LogP contribution in [0.1, 0.15) is 28.8 Å². The summed E-state index contributed by atoms with van der Waals surface area (Å²) in [6.07, 6.45) is -2.81. The highest BCUT2D eigenvalue weighted by Crippen LogP contribution is 2.37. The zero-order valence-corrected chi connectivity index (χ0v) is 12.7. The molecule has 0 aromatic heterocycles. The number of carbonyl (C=O) groups is 1. The van der Waals surface area contributed by atoms with Crippen LogP contribution in [-0.4, -0.2) is 37.0 Å². The molecule has 0 atom stereocenters. The molecule has 2 rings (SSSR count). The predicted octanol–water partition coefficient (Wildman–Crippen LogP) is 2.70. The zero-order chi connectivity index (χ0) is 15.5. The maximum atomic E-state index is 13.1. The summed E-state index contributed by atoms with van der Waals surface area (Å²) in [6, 6.07) is 3.40. The van der Waals surface area contributed by atoms with Gasteiger partial charge in [-0.1, -0.05) is 0 Å². The largest absolute Gasteiger partial charge is 0.492 e. The summed E-state index contributed by atoms with van der Waals surface area (Å²) in [4.78, 5) is 13.7. The van der Waals surface area contributed by atoms with Crippen LogP contribution in [0.25, 0.3) is 0 Å². The summed E-state index contributed by atoms with van der Waals surface area (Å²) in [7, 11) is 0. The number of hydrogen-bond donors (Lipinski definition) is 1. The summed E-state index contributed by atoms with van der Waals surface area (Å²) < 4.78 is 44.2. The van der Waals surface area contributed by atoms with Gasteiger partial charge in [0.05, 0.1) is 5.56 Å². The van der Waals surface area contributed by atoms with Crippen LogP contribution in [0.5, 0.6) is 5.75 Å². The van der Waals surface area contributed by atoms with E-state index in [1.165, 1.54) is 12.1 Å². The number of halogens is 4. The zero-order valence-electron chi connectivity index (χ0n) is 11.9. The standard InChI is InChI=1S/C14H17F3N2O2.ClH/c15-14(16,17)11-9-10(3-4-12(11)21-8-5-18)13(20)19-6-1-2-7-19;/h3-4,9H,1-2,5-8,18H2;1H. The molecule has 0 saturated carbocycles. The minimum Gasteiger partial charge on any atom is -0.492 e. The smallest absolute Gasteiger partial charge is 0.419 e. The molecule has 1 aliphatic heterocycles. The number of hydrogen-bond acceptors (Lipinski definition) is 3. The van der Waals surface area contributed by atoms with Gasteiger partial charge in [-0.15, -0.1) is 12.4 Å². The Morgan fingerprint density at radius 3 is 2.45 bits per heavy atom. The van der Waals surface area contributed by atoms with Crippen LogP contribution >= 0.6 is 12.4 Å². The lowest BCUT2D eigenvalue weighted by Crippen LogP contribution is -2.28. The van der Waals surface area contributed by atoms with E-state index in [0.29, 0.717) is 13.1 Å². The van der Waals surface area contributed by atoms with Crippen molar-refractivity contribution in [1.82, 2.24) is 4.90 Å². The van der Waals surface area contributed by atoms with E-state index in [0.717, 1.165) is 18.9 Å². The van der Waals surface area contributed by atoms with Gasteiger partial charge in [-0.3, -0.25) is 4.79 Å². The molecule has 1 fully saturated rings. The highest BCUT2D eigenvalue weighted by Gasteiger charge is 2.35. The van der Waals surface area contributed by atoms with Crippen molar-refractivity contribution in [3.05, 3.63) is 29.3 Å². The number of benzene rings is 1. The number of likely N-dealkylation sites (tertiary alicyclic amines) is 1. The summed E-state index contributed by atoms with van der Waals surface area (Å²) in [5, 5.41) is 0. The Balaban J connectivity index is 0.00000242. The quantitative estimate of drug-likeness (QED) is 0.918. The van der Waals surface area contributed by atoms with Gasteiger partial charge in [0.25, 0.3) is 5.91 Å². The first-order valence-corrected chi connectivity index (χ1v) is 6.77. The molecular weight excluding hydrogens is 321 g/mol. The minimum atomic E-state index is -4.58. The van der Waals surface area contributed by atoms with E-state index in [1.54, 1.807) is 4.90 Å². The third kappa shape index (κ3) is 4.27. The van der Waals surface area contributed by atoms with Gasteiger partial charge in [0, 0.05) is 25.2 Å². The van der Waals surface area contributed by atoms with Crippen molar-refractivity contribution < 1.29 is 22.7 Å². The van der Waals surface area contributed by atoms with Crippen LogP contribution in [0.15, 0.2) is 18.2 Å². The summed E-state index contributed by atoms with van der Waals surface area (Å²) in [6.45, 7) is 1.28. The molecule has 4 nitrogen and oxygen atoms in total. The third-order valence-corrected chi connectivity index (χ3v) is 3.30. The molecule has 1 aromatic rings. The molecule has 0 bridgehead atoms.